The molecule has 8 heteroatoms. The van der Waals surface area contributed by atoms with Gasteiger partial charge in [-0.3, -0.25) is 4.79 Å². The first-order chi connectivity index (χ1) is 15.6. The van der Waals surface area contributed by atoms with Crippen molar-refractivity contribution in [2.75, 3.05) is 18.6 Å². The predicted octanol–water partition coefficient (Wildman–Crippen LogP) is 5.66. The smallest absolute Gasteiger partial charge is 0.316 e. The van der Waals surface area contributed by atoms with Crippen molar-refractivity contribution in [2.24, 2.45) is 0 Å². The van der Waals surface area contributed by atoms with Crippen LogP contribution in [0.15, 0.2) is 65.8 Å². The monoisotopic (exact) mass is 479 g/mol. The molecule has 0 fully saturated rings. The molecule has 4 aromatic rings. The van der Waals surface area contributed by atoms with E-state index in [0.29, 0.717) is 16.2 Å². The third-order valence-corrected chi connectivity index (χ3v) is 9.15. The van der Waals surface area contributed by atoms with Gasteiger partial charge in [0.25, 0.3) is 0 Å². The maximum atomic E-state index is 11.5. The molecular weight excluding hydrogens is 458 g/mol. The largest absolute Gasteiger partial charge is 0.468 e. The fraction of sp³-hybridized carbons (Fsp3) is 0.208. The first-order valence-electron chi connectivity index (χ1n) is 10.2. The number of benzene rings is 2. The molecule has 5 nitrogen and oxygen atoms in total. The van der Waals surface area contributed by atoms with Gasteiger partial charge in [0.2, 0.25) is 0 Å². The van der Waals surface area contributed by atoms with E-state index in [9.17, 15) is 4.79 Å². The Balaban J connectivity index is 1.60. The van der Waals surface area contributed by atoms with E-state index < -0.39 is 0 Å². The second kappa shape index (κ2) is 9.13. The number of carbonyl (C=O) groups excluding carboxylic acids is 1. The molecule has 0 saturated heterocycles. The zero-order chi connectivity index (χ0) is 22.1. The van der Waals surface area contributed by atoms with Crippen LogP contribution >= 0.6 is 34.9 Å². The van der Waals surface area contributed by atoms with Gasteiger partial charge in [-0.15, -0.1) is 23.1 Å². The molecule has 1 aliphatic heterocycles. The number of nitrogens with zero attached hydrogens (tertiary/aromatic N) is 2. The average Bonchev–Trinajstić information content (AvgIpc) is 3.22. The predicted molar refractivity (Wildman–Crippen MR) is 133 cm³/mol. The van der Waals surface area contributed by atoms with Crippen molar-refractivity contribution in [3.63, 3.8) is 0 Å². The molecule has 0 aliphatic carbocycles. The Morgan fingerprint density at radius 2 is 1.78 bits per heavy atom. The highest BCUT2D eigenvalue weighted by molar-refractivity contribution is 8.00. The Hall–Kier alpha value is -2.55. The van der Waals surface area contributed by atoms with Crippen LogP contribution in [0.1, 0.15) is 32.1 Å². The van der Waals surface area contributed by atoms with Crippen molar-refractivity contribution in [3.05, 3.63) is 82.2 Å². The van der Waals surface area contributed by atoms with Crippen LogP contribution in [0.3, 0.4) is 0 Å². The fourth-order valence-corrected chi connectivity index (χ4v) is 7.69. The van der Waals surface area contributed by atoms with E-state index in [1.807, 2.05) is 17.8 Å². The van der Waals surface area contributed by atoms with Crippen molar-refractivity contribution >= 4 is 56.9 Å². The molecule has 2 atom stereocenters. The standard InChI is InChI=1S/C24H21N3O2S3/c1-29-18(28)13-30-24-26-22(25)19-16-12-17(14-8-4-2-5-9-14)31-20(15-10-6-3-7-11-15)21(16)32-23(19)27-24/h2-11,17,20H,12-13H2,1H3,(H2,25,26,27)/t17-,20+/m0/s1. The lowest BCUT2D eigenvalue weighted by molar-refractivity contribution is -0.137. The lowest BCUT2D eigenvalue weighted by atomic mass is 9.98. The van der Waals surface area contributed by atoms with Crippen LogP contribution in [-0.2, 0) is 16.0 Å². The number of thioether (sulfide) groups is 2. The number of hydrogen-bond acceptors (Lipinski definition) is 8. The topological polar surface area (TPSA) is 78.1 Å². The van der Waals surface area contributed by atoms with E-state index >= 15 is 0 Å². The van der Waals surface area contributed by atoms with Gasteiger partial charge in [-0.1, -0.05) is 72.4 Å². The lowest BCUT2D eigenvalue weighted by Crippen LogP contribution is -2.12. The minimum atomic E-state index is -0.311. The maximum absolute atomic E-state index is 11.5. The number of aromatic nitrogens is 2. The zero-order valence-corrected chi connectivity index (χ0v) is 19.8. The molecule has 3 heterocycles. The van der Waals surface area contributed by atoms with Crippen LogP contribution in [0.4, 0.5) is 5.82 Å². The number of rotatable bonds is 5. The molecule has 2 aromatic carbocycles. The summed E-state index contributed by atoms with van der Waals surface area (Å²) < 4.78 is 4.73. The Morgan fingerprint density at radius 1 is 1.09 bits per heavy atom. The number of hydrogen-bond donors (Lipinski definition) is 1. The van der Waals surface area contributed by atoms with E-state index in [0.717, 1.165) is 16.6 Å². The molecule has 5 rings (SSSR count). The summed E-state index contributed by atoms with van der Waals surface area (Å²) >= 11 is 4.91. The highest BCUT2D eigenvalue weighted by Crippen LogP contribution is 2.55. The normalized spacial score (nSPS) is 17.8. The minimum Gasteiger partial charge on any atom is -0.468 e. The molecule has 162 valence electrons. The Kier molecular flexibility index (Phi) is 6.08. The molecule has 2 N–H and O–H groups in total. The number of methoxy groups -OCH3 is 1. The minimum absolute atomic E-state index is 0.158. The molecule has 0 amide bonds. The van der Waals surface area contributed by atoms with Crippen molar-refractivity contribution in [2.45, 2.75) is 22.1 Å². The van der Waals surface area contributed by atoms with Gasteiger partial charge in [-0.05, 0) is 23.1 Å². The SMILES string of the molecule is COC(=O)CSc1nc(N)c2c3c(sc2n1)[C@@H](c1ccccc1)S[C@H](c1ccccc1)C3. The highest BCUT2D eigenvalue weighted by Gasteiger charge is 2.34. The molecular formula is C24H21N3O2S3. The van der Waals surface area contributed by atoms with Gasteiger partial charge < -0.3 is 10.5 Å². The van der Waals surface area contributed by atoms with Gasteiger partial charge in [0.1, 0.15) is 10.6 Å². The molecule has 0 saturated carbocycles. The van der Waals surface area contributed by atoms with Crippen LogP contribution in [-0.4, -0.2) is 28.8 Å². The van der Waals surface area contributed by atoms with Gasteiger partial charge in [-0.2, -0.15) is 0 Å². The lowest BCUT2D eigenvalue weighted by Gasteiger charge is -2.30. The number of carbonyl (C=O) groups is 1. The van der Waals surface area contributed by atoms with Crippen molar-refractivity contribution in [1.29, 1.82) is 0 Å². The van der Waals surface area contributed by atoms with Gasteiger partial charge in [0.05, 0.1) is 23.5 Å². The fourth-order valence-electron chi connectivity index (χ4n) is 3.93. The second-order valence-corrected chi connectivity index (χ2v) is 10.7. The summed E-state index contributed by atoms with van der Waals surface area (Å²) in [5.74, 6) is 0.324. The van der Waals surface area contributed by atoms with Gasteiger partial charge in [-0.25, -0.2) is 9.97 Å². The van der Waals surface area contributed by atoms with Crippen LogP contribution in [0.5, 0.6) is 0 Å². The van der Waals surface area contributed by atoms with E-state index in [4.69, 9.17) is 15.5 Å². The van der Waals surface area contributed by atoms with Crippen LogP contribution < -0.4 is 5.73 Å². The number of fused-ring (bicyclic) bond motifs is 3. The average molecular weight is 480 g/mol. The van der Waals surface area contributed by atoms with Crippen molar-refractivity contribution < 1.29 is 9.53 Å². The Morgan fingerprint density at radius 3 is 2.47 bits per heavy atom. The quantitative estimate of drug-likeness (QED) is 0.225. The molecule has 0 bridgehead atoms. The van der Waals surface area contributed by atoms with Gasteiger partial charge in [0.15, 0.2) is 5.16 Å². The van der Waals surface area contributed by atoms with E-state index in [2.05, 4.69) is 59.6 Å². The summed E-state index contributed by atoms with van der Waals surface area (Å²) in [5, 5.41) is 1.98. The first kappa shape index (κ1) is 21.3. The van der Waals surface area contributed by atoms with Crippen molar-refractivity contribution in [3.8, 4) is 0 Å². The number of nitrogens with two attached hydrogens (primary N) is 1. The number of anilines is 1. The summed E-state index contributed by atoms with van der Waals surface area (Å²) in [6.45, 7) is 0. The van der Waals surface area contributed by atoms with Crippen LogP contribution in [0.25, 0.3) is 10.2 Å². The highest BCUT2D eigenvalue weighted by atomic mass is 32.2. The molecule has 0 spiro atoms. The van der Waals surface area contributed by atoms with E-state index in [1.165, 1.54) is 40.4 Å². The van der Waals surface area contributed by atoms with E-state index in [-0.39, 0.29) is 17.0 Å². The van der Waals surface area contributed by atoms with Crippen molar-refractivity contribution in [1.82, 2.24) is 9.97 Å². The first-order valence-corrected chi connectivity index (χ1v) is 12.9. The summed E-state index contributed by atoms with van der Waals surface area (Å²) in [6, 6.07) is 21.2. The molecule has 1 aliphatic rings. The number of ether oxygens (including phenoxy) is 1. The summed E-state index contributed by atoms with van der Waals surface area (Å²) in [5.41, 5.74) is 10.3. The van der Waals surface area contributed by atoms with Crippen LogP contribution in [0.2, 0.25) is 0 Å². The summed E-state index contributed by atoms with van der Waals surface area (Å²) in [6.07, 6.45) is 0.884. The maximum Gasteiger partial charge on any atom is 0.316 e. The summed E-state index contributed by atoms with van der Waals surface area (Å²) in [4.78, 5) is 23.0. The van der Waals surface area contributed by atoms with E-state index in [1.54, 1.807) is 11.3 Å². The second-order valence-electron chi connectivity index (χ2n) is 7.41. The third-order valence-electron chi connectivity index (χ3n) is 5.44. The molecule has 0 unspecified atom stereocenters. The number of nitrogen functional groups attached to an aromatic ring is 1. The zero-order valence-electron chi connectivity index (χ0n) is 17.4. The Bertz CT molecular complexity index is 1260. The molecule has 32 heavy (non-hydrogen) atoms. The number of thiophene rings is 1. The molecule has 2 aromatic heterocycles. The van der Waals surface area contributed by atoms with Crippen LogP contribution in [0, 0.1) is 0 Å². The third kappa shape index (κ3) is 4.10. The summed E-state index contributed by atoms with van der Waals surface area (Å²) in [7, 11) is 1.37. The Labute approximate surface area is 198 Å². The van der Waals surface area contributed by atoms with Gasteiger partial charge in [0, 0.05) is 10.1 Å². The van der Waals surface area contributed by atoms with Gasteiger partial charge >= 0.3 is 5.97 Å². The number of esters is 1. The molecule has 0 radical (unpaired) electrons.